The Morgan fingerprint density at radius 2 is 1.75 bits per heavy atom. The van der Waals surface area contributed by atoms with Gasteiger partial charge in [0.2, 0.25) is 0 Å². The molecule has 0 aromatic heterocycles. The largest absolute Gasteiger partial charge is 0.381 e. The van der Waals surface area contributed by atoms with Crippen molar-refractivity contribution < 1.29 is 9.47 Å². The van der Waals surface area contributed by atoms with Crippen LogP contribution in [0.3, 0.4) is 0 Å². The van der Waals surface area contributed by atoms with E-state index in [2.05, 4.69) is 12.2 Å². The first kappa shape index (κ1) is 16.3. The zero-order chi connectivity index (χ0) is 14.1. The summed E-state index contributed by atoms with van der Waals surface area (Å²) in [5.74, 6) is 0. The highest BCUT2D eigenvalue weighted by Crippen LogP contribution is 2.34. The average molecular weight is 283 g/mol. The van der Waals surface area contributed by atoms with E-state index in [4.69, 9.17) is 9.47 Å². The maximum Gasteiger partial charge on any atom is 0.0741 e. The number of nitrogens with one attached hydrogen (secondary N) is 1. The summed E-state index contributed by atoms with van der Waals surface area (Å²) in [6, 6.07) is 0.664. The van der Waals surface area contributed by atoms with E-state index in [0.29, 0.717) is 6.04 Å². The molecule has 1 spiro atoms. The predicted molar refractivity (Wildman–Crippen MR) is 83.1 cm³/mol. The fourth-order valence-electron chi connectivity index (χ4n) is 3.51. The molecule has 0 aromatic rings. The van der Waals surface area contributed by atoms with Crippen LogP contribution in [0.1, 0.15) is 71.1 Å². The van der Waals surface area contributed by atoms with Gasteiger partial charge in [0.15, 0.2) is 0 Å². The third-order valence-corrected chi connectivity index (χ3v) is 4.86. The second-order valence-corrected chi connectivity index (χ2v) is 6.56. The second-order valence-electron chi connectivity index (χ2n) is 6.56. The lowest BCUT2D eigenvalue weighted by Gasteiger charge is -2.43. The number of unbranched alkanes of at least 4 members (excludes halogenated alkanes) is 5. The molecule has 20 heavy (non-hydrogen) atoms. The minimum Gasteiger partial charge on any atom is -0.381 e. The monoisotopic (exact) mass is 283 g/mol. The second kappa shape index (κ2) is 9.01. The molecule has 0 amide bonds. The lowest BCUT2D eigenvalue weighted by molar-refractivity contribution is -0.140. The molecule has 0 aromatic carbocycles. The van der Waals surface area contributed by atoms with E-state index in [-0.39, 0.29) is 5.60 Å². The molecule has 2 fully saturated rings. The molecule has 1 N–H and O–H groups in total. The molecule has 0 aliphatic carbocycles. The van der Waals surface area contributed by atoms with Crippen molar-refractivity contribution in [3.63, 3.8) is 0 Å². The Bertz CT molecular complexity index is 246. The first-order valence-electron chi connectivity index (χ1n) is 8.80. The van der Waals surface area contributed by atoms with Crippen LogP contribution in [0.25, 0.3) is 0 Å². The van der Waals surface area contributed by atoms with Crippen molar-refractivity contribution in [3.8, 4) is 0 Å². The molecule has 1 atom stereocenters. The molecule has 2 saturated heterocycles. The summed E-state index contributed by atoms with van der Waals surface area (Å²) in [5.41, 5.74) is 0.134. The van der Waals surface area contributed by atoms with Crippen molar-refractivity contribution in [2.75, 3.05) is 26.4 Å². The zero-order valence-corrected chi connectivity index (χ0v) is 13.3. The van der Waals surface area contributed by atoms with Crippen LogP contribution in [0.2, 0.25) is 0 Å². The first-order chi connectivity index (χ1) is 9.85. The van der Waals surface area contributed by atoms with Gasteiger partial charge in [-0.3, -0.25) is 0 Å². The predicted octanol–water partition coefficient (Wildman–Crippen LogP) is 3.66. The van der Waals surface area contributed by atoms with E-state index in [1.54, 1.807) is 0 Å². The van der Waals surface area contributed by atoms with E-state index >= 15 is 0 Å². The summed E-state index contributed by atoms with van der Waals surface area (Å²) in [6.07, 6.45) is 12.8. The minimum absolute atomic E-state index is 0.134. The van der Waals surface area contributed by atoms with Crippen molar-refractivity contribution in [1.29, 1.82) is 0 Å². The summed E-state index contributed by atoms with van der Waals surface area (Å²) in [4.78, 5) is 0. The Labute approximate surface area is 124 Å². The van der Waals surface area contributed by atoms with Crippen LogP contribution < -0.4 is 5.32 Å². The van der Waals surface area contributed by atoms with Gasteiger partial charge in [-0.15, -0.1) is 0 Å². The SMILES string of the molecule is CCCCCCCCNC1CCOC2(CCOCC2)C1. The lowest BCUT2D eigenvalue weighted by atomic mass is 9.84. The van der Waals surface area contributed by atoms with Gasteiger partial charge in [-0.1, -0.05) is 39.0 Å². The molecule has 0 saturated carbocycles. The Balaban J connectivity index is 1.56. The highest BCUT2D eigenvalue weighted by molar-refractivity contribution is 4.91. The number of hydrogen-bond donors (Lipinski definition) is 1. The van der Waals surface area contributed by atoms with Crippen LogP contribution in [0, 0.1) is 0 Å². The summed E-state index contributed by atoms with van der Waals surface area (Å²) in [7, 11) is 0. The molecule has 0 radical (unpaired) electrons. The van der Waals surface area contributed by atoms with Crippen LogP contribution >= 0.6 is 0 Å². The van der Waals surface area contributed by atoms with E-state index < -0.39 is 0 Å². The van der Waals surface area contributed by atoms with Gasteiger partial charge in [0.25, 0.3) is 0 Å². The Morgan fingerprint density at radius 3 is 2.55 bits per heavy atom. The van der Waals surface area contributed by atoms with Gasteiger partial charge in [0.1, 0.15) is 0 Å². The minimum atomic E-state index is 0.134. The summed E-state index contributed by atoms with van der Waals surface area (Å²) in [5, 5.41) is 3.76. The Morgan fingerprint density at radius 1 is 1.00 bits per heavy atom. The normalized spacial score (nSPS) is 25.9. The molecule has 2 rings (SSSR count). The van der Waals surface area contributed by atoms with Gasteiger partial charge in [0, 0.05) is 25.9 Å². The molecular weight excluding hydrogens is 250 g/mol. The fourth-order valence-corrected chi connectivity index (χ4v) is 3.51. The average Bonchev–Trinajstić information content (AvgIpc) is 2.47. The van der Waals surface area contributed by atoms with E-state index in [0.717, 1.165) is 32.7 Å². The van der Waals surface area contributed by atoms with Crippen molar-refractivity contribution in [2.45, 2.75) is 82.8 Å². The molecular formula is C17H33NO2. The molecule has 1 unspecified atom stereocenters. The van der Waals surface area contributed by atoms with E-state index in [1.165, 1.54) is 57.9 Å². The molecule has 2 aliphatic heterocycles. The Hall–Kier alpha value is -0.120. The van der Waals surface area contributed by atoms with Crippen molar-refractivity contribution >= 4 is 0 Å². The highest BCUT2D eigenvalue weighted by Gasteiger charge is 2.38. The molecule has 0 bridgehead atoms. The summed E-state index contributed by atoms with van der Waals surface area (Å²) in [6.45, 7) is 6.14. The van der Waals surface area contributed by atoms with Gasteiger partial charge >= 0.3 is 0 Å². The number of rotatable bonds is 8. The van der Waals surface area contributed by atoms with Crippen molar-refractivity contribution in [1.82, 2.24) is 5.32 Å². The highest BCUT2D eigenvalue weighted by atomic mass is 16.5. The van der Waals surface area contributed by atoms with Crippen LogP contribution in [-0.2, 0) is 9.47 Å². The van der Waals surface area contributed by atoms with E-state index in [9.17, 15) is 0 Å². The van der Waals surface area contributed by atoms with Crippen molar-refractivity contribution in [3.05, 3.63) is 0 Å². The molecule has 2 heterocycles. The van der Waals surface area contributed by atoms with Crippen LogP contribution in [0.5, 0.6) is 0 Å². The summed E-state index contributed by atoms with van der Waals surface area (Å²) < 4.78 is 11.6. The lowest BCUT2D eigenvalue weighted by Crippen LogP contribution is -2.50. The molecule has 3 nitrogen and oxygen atoms in total. The first-order valence-corrected chi connectivity index (χ1v) is 8.80. The van der Waals surface area contributed by atoms with Crippen LogP contribution in [-0.4, -0.2) is 38.0 Å². The number of ether oxygens (including phenoxy) is 2. The van der Waals surface area contributed by atoms with Gasteiger partial charge < -0.3 is 14.8 Å². The third-order valence-electron chi connectivity index (χ3n) is 4.86. The topological polar surface area (TPSA) is 30.5 Å². The van der Waals surface area contributed by atoms with Gasteiger partial charge in [-0.2, -0.15) is 0 Å². The van der Waals surface area contributed by atoms with Gasteiger partial charge in [0.05, 0.1) is 5.60 Å². The molecule has 118 valence electrons. The van der Waals surface area contributed by atoms with Crippen LogP contribution in [0.4, 0.5) is 0 Å². The standard InChI is InChI=1S/C17H33NO2/c1-2-3-4-5-6-7-11-18-16-8-12-20-17(15-16)9-13-19-14-10-17/h16,18H,2-15H2,1H3. The molecule has 3 heteroatoms. The van der Waals surface area contributed by atoms with Gasteiger partial charge in [-0.05, 0) is 38.6 Å². The fraction of sp³-hybridized carbons (Fsp3) is 1.00. The maximum absolute atomic E-state index is 6.09. The van der Waals surface area contributed by atoms with E-state index in [1.807, 2.05) is 0 Å². The number of hydrogen-bond acceptors (Lipinski definition) is 3. The van der Waals surface area contributed by atoms with Gasteiger partial charge in [-0.25, -0.2) is 0 Å². The maximum atomic E-state index is 6.09. The smallest absolute Gasteiger partial charge is 0.0741 e. The Kier molecular flexibility index (Phi) is 7.32. The van der Waals surface area contributed by atoms with Crippen LogP contribution in [0.15, 0.2) is 0 Å². The summed E-state index contributed by atoms with van der Waals surface area (Å²) >= 11 is 0. The third kappa shape index (κ3) is 5.34. The molecule has 2 aliphatic rings. The quantitative estimate of drug-likeness (QED) is 0.690. The zero-order valence-electron chi connectivity index (χ0n) is 13.3. The van der Waals surface area contributed by atoms with Crippen molar-refractivity contribution in [2.24, 2.45) is 0 Å².